The Labute approximate surface area is 179 Å². The molecule has 9 heteroatoms. The number of nitrogens with one attached hydrogen (secondary N) is 3. The first kappa shape index (κ1) is 23.4. The van der Waals surface area contributed by atoms with Crippen molar-refractivity contribution < 1.29 is 29.0 Å². The maximum Gasteiger partial charge on any atom is 0.407 e. The predicted molar refractivity (Wildman–Crippen MR) is 112 cm³/mol. The summed E-state index contributed by atoms with van der Waals surface area (Å²) in [5.74, 6) is -1.03. The Morgan fingerprint density at radius 2 is 1.68 bits per heavy atom. The van der Waals surface area contributed by atoms with Gasteiger partial charge in [0.25, 0.3) is 0 Å². The summed E-state index contributed by atoms with van der Waals surface area (Å²) in [7, 11) is 0. The molecule has 3 amide bonds. The van der Waals surface area contributed by atoms with Crippen LogP contribution >= 0.6 is 0 Å². The molecule has 0 aliphatic carbocycles. The number of amides is 3. The number of hydrogen-bond donors (Lipinski definition) is 4. The van der Waals surface area contributed by atoms with Crippen LogP contribution in [0.2, 0.25) is 0 Å². The van der Waals surface area contributed by atoms with Gasteiger partial charge in [0.05, 0.1) is 6.04 Å². The van der Waals surface area contributed by atoms with E-state index in [4.69, 9.17) is 4.74 Å². The summed E-state index contributed by atoms with van der Waals surface area (Å²) in [6.07, 6.45) is 0.0835. The molecule has 2 rings (SSSR count). The van der Waals surface area contributed by atoms with Gasteiger partial charge in [0.1, 0.15) is 31.2 Å². The minimum absolute atomic E-state index is 0.0707. The number of aldehydes is 1. The molecule has 2 atom stereocenters. The van der Waals surface area contributed by atoms with Crippen molar-refractivity contribution >= 4 is 24.2 Å². The van der Waals surface area contributed by atoms with Crippen LogP contribution in [0.15, 0.2) is 54.6 Å². The second-order valence-corrected chi connectivity index (χ2v) is 6.83. The molecule has 4 N–H and O–H groups in total. The molecule has 9 nitrogen and oxygen atoms in total. The van der Waals surface area contributed by atoms with Gasteiger partial charge in [-0.1, -0.05) is 42.5 Å². The molecular formula is C22H25N3O6. The Hall–Kier alpha value is -3.88. The third-order valence-electron chi connectivity index (χ3n) is 4.26. The zero-order valence-corrected chi connectivity index (χ0v) is 17.0. The second kappa shape index (κ2) is 12.0. The Morgan fingerprint density at radius 3 is 2.32 bits per heavy atom. The highest BCUT2D eigenvalue weighted by atomic mass is 16.5. The number of rotatable bonds is 10. The topological polar surface area (TPSA) is 134 Å². The molecule has 2 aromatic rings. The summed E-state index contributed by atoms with van der Waals surface area (Å²) in [5.41, 5.74) is 1.56. The average molecular weight is 427 g/mol. The van der Waals surface area contributed by atoms with Crippen molar-refractivity contribution in [3.8, 4) is 5.75 Å². The molecular weight excluding hydrogens is 402 g/mol. The highest BCUT2D eigenvalue weighted by molar-refractivity contribution is 5.90. The Kier molecular flexibility index (Phi) is 9.03. The van der Waals surface area contributed by atoms with E-state index >= 15 is 0 Å². The van der Waals surface area contributed by atoms with Crippen LogP contribution in [-0.2, 0) is 32.1 Å². The van der Waals surface area contributed by atoms with Crippen LogP contribution < -0.4 is 16.0 Å². The molecule has 0 aliphatic rings. The number of benzene rings is 2. The third-order valence-corrected chi connectivity index (χ3v) is 4.26. The zero-order chi connectivity index (χ0) is 22.6. The largest absolute Gasteiger partial charge is 0.508 e. The van der Waals surface area contributed by atoms with Crippen molar-refractivity contribution in [3.63, 3.8) is 0 Å². The van der Waals surface area contributed by atoms with E-state index in [2.05, 4.69) is 16.0 Å². The van der Waals surface area contributed by atoms with Crippen molar-refractivity contribution in [2.45, 2.75) is 32.0 Å². The van der Waals surface area contributed by atoms with Crippen LogP contribution in [0, 0.1) is 0 Å². The van der Waals surface area contributed by atoms with Gasteiger partial charge in [-0.3, -0.25) is 9.59 Å². The quantitative estimate of drug-likeness (QED) is 0.419. The maximum atomic E-state index is 12.3. The highest BCUT2D eigenvalue weighted by Crippen LogP contribution is 2.11. The molecule has 31 heavy (non-hydrogen) atoms. The predicted octanol–water partition coefficient (Wildman–Crippen LogP) is 1.05. The first-order valence-corrected chi connectivity index (χ1v) is 9.65. The molecule has 0 fully saturated rings. The van der Waals surface area contributed by atoms with Crippen LogP contribution in [0.25, 0.3) is 0 Å². The van der Waals surface area contributed by atoms with Gasteiger partial charge in [-0.05, 0) is 36.6 Å². The maximum absolute atomic E-state index is 12.3. The van der Waals surface area contributed by atoms with Gasteiger partial charge in [-0.15, -0.1) is 0 Å². The van der Waals surface area contributed by atoms with E-state index in [1.807, 2.05) is 18.2 Å². The Morgan fingerprint density at radius 1 is 1.00 bits per heavy atom. The molecule has 0 heterocycles. The summed E-state index contributed by atoms with van der Waals surface area (Å²) in [4.78, 5) is 47.2. The summed E-state index contributed by atoms with van der Waals surface area (Å²) in [6.45, 7) is 1.17. The molecule has 0 bridgehead atoms. The van der Waals surface area contributed by atoms with E-state index < -0.39 is 30.0 Å². The summed E-state index contributed by atoms with van der Waals surface area (Å²) >= 11 is 0. The van der Waals surface area contributed by atoms with Crippen molar-refractivity contribution in [1.82, 2.24) is 16.0 Å². The first-order chi connectivity index (χ1) is 14.9. The number of ether oxygens (including phenoxy) is 1. The number of phenols is 1. The van der Waals surface area contributed by atoms with Gasteiger partial charge in [0, 0.05) is 0 Å². The Balaban J connectivity index is 1.71. The van der Waals surface area contributed by atoms with Gasteiger partial charge in [0.15, 0.2) is 0 Å². The van der Waals surface area contributed by atoms with Gasteiger partial charge in [-0.2, -0.15) is 0 Å². The highest BCUT2D eigenvalue weighted by Gasteiger charge is 2.19. The molecule has 0 aliphatic heterocycles. The van der Waals surface area contributed by atoms with Crippen molar-refractivity contribution in [2.24, 2.45) is 0 Å². The molecule has 164 valence electrons. The van der Waals surface area contributed by atoms with E-state index in [0.717, 1.165) is 11.1 Å². The van der Waals surface area contributed by atoms with Gasteiger partial charge in [-0.25, -0.2) is 4.79 Å². The summed E-state index contributed by atoms with van der Waals surface area (Å²) in [5, 5.41) is 16.6. The van der Waals surface area contributed by atoms with E-state index in [9.17, 15) is 24.3 Å². The van der Waals surface area contributed by atoms with Crippen LogP contribution in [-0.4, -0.2) is 47.9 Å². The number of carbonyl (C=O) groups excluding carboxylic acids is 4. The molecule has 0 saturated carbocycles. The fourth-order valence-electron chi connectivity index (χ4n) is 2.61. The Bertz CT molecular complexity index is 886. The fraction of sp³-hybridized carbons (Fsp3) is 0.273. The summed E-state index contributed by atoms with van der Waals surface area (Å²) < 4.78 is 5.00. The van der Waals surface area contributed by atoms with Crippen molar-refractivity contribution in [3.05, 3.63) is 65.7 Å². The standard InChI is InChI=1S/C22H25N3O6/c1-15(21(29)25-18(13-26)11-16-7-9-19(27)10-8-16)24-20(28)12-23-22(30)31-14-17-5-3-2-4-6-17/h2-10,13,15,18,27H,11-12,14H2,1H3,(H,23,30)(H,24,28)(H,25,29)/t15-,18-/m0/s1. The fourth-order valence-corrected chi connectivity index (χ4v) is 2.61. The van der Waals surface area contributed by atoms with Crippen LogP contribution in [0.1, 0.15) is 18.1 Å². The number of alkyl carbamates (subject to hydrolysis) is 1. The van der Waals surface area contributed by atoms with Crippen LogP contribution in [0.3, 0.4) is 0 Å². The van der Waals surface area contributed by atoms with E-state index in [1.54, 1.807) is 24.3 Å². The third kappa shape index (κ3) is 8.57. The smallest absolute Gasteiger partial charge is 0.407 e. The van der Waals surface area contributed by atoms with Gasteiger partial charge in [0.2, 0.25) is 11.8 Å². The lowest BCUT2D eigenvalue weighted by atomic mass is 10.1. The number of phenolic OH excluding ortho intramolecular Hbond substituents is 1. The molecule has 0 saturated heterocycles. The minimum atomic E-state index is -0.920. The SMILES string of the molecule is C[C@H](NC(=O)CNC(=O)OCc1ccccc1)C(=O)N[C@H](C=O)Cc1ccc(O)cc1. The first-order valence-electron chi connectivity index (χ1n) is 9.65. The lowest BCUT2D eigenvalue weighted by Crippen LogP contribution is -2.51. The minimum Gasteiger partial charge on any atom is -0.508 e. The molecule has 0 unspecified atom stereocenters. The van der Waals surface area contributed by atoms with E-state index in [0.29, 0.717) is 6.29 Å². The molecule has 0 spiro atoms. The number of carbonyl (C=O) groups is 4. The number of hydrogen-bond acceptors (Lipinski definition) is 6. The van der Waals surface area contributed by atoms with E-state index in [-0.39, 0.29) is 25.3 Å². The average Bonchev–Trinajstić information content (AvgIpc) is 2.77. The second-order valence-electron chi connectivity index (χ2n) is 6.83. The van der Waals surface area contributed by atoms with E-state index in [1.165, 1.54) is 19.1 Å². The summed E-state index contributed by atoms with van der Waals surface area (Å²) in [6, 6.07) is 13.6. The van der Waals surface area contributed by atoms with Gasteiger partial charge >= 0.3 is 6.09 Å². The van der Waals surface area contributed by atoms with Gasteiger partial charge < -0.3 is 30.6 Å². The molecule has 0 aromatic heterocycles. The molecule has 2 aromatic carbocycles. The number of aromatic hydroxyl groups is 1. The monoisotopic (exact) mass is 427 g/mol. The zero-order valence-electron chi connectivity index (χ0n) is 17.0. The molecule has 0 radical (unpaired) electrons. The van der Waals surface area contributed by atoms with Crippen LogP contribution in [0.5, 0.6) is 5.75 Å². The normalized spacial score (nSPS) is 12.2. The lowest BCUT2D eigenvalue weighted by Gasteiger charge is -2.18. The van der Waals surface area contributed by atoms with Crippen LogP contribution in [0.4, 0.5) is 4.79 Å². The van der Waals surface area contributed by atoms with Crippen molar-refractivity contribution in [1.29, 1.82) is 0 Å². The lowest BCUT2D eigenvalue weighted by molar-refractivity contribution is -0.129. The van der Waals surface area contributed by atoms with Crippen molar-refractivity contribution in [2.75, 3.05) is 6.54 Å².